The Kier molecular flexibility index (Phi) is 4.80. The van der Waals surface area contributed by atoms with Gasteiger partial charge in [0.1, 0.15) is 5.69 Å². The number of carbonyl (C=O) groups is 2. The first-order chi connectivity index (χ1) is 11.9. The minimum atomic E-state index is -0.375. The van der Waals surface area contributed by atoms with Crippen LogP contribution in [0.5, 0.6) is 0 Å². The van der Waals surface area contributed by atoms with Crippen molar-refractivity contribution in [3.05, 3.63) is 57.9 Å². The minimum Gasteiger partial charge on any atom is -0.461 e. The van der Waals surface area contributed by atoms with E-state index in [1.54, 1.807) is 0 Å². The number of esters is 1. The zero-order chi connectivity index (χ0) is 18.1. The summed E-state index contributed by atoms with van der Waals surface area (Å²) in [7, 11) is 0. The van der Waals surface area contributed by atoms with Gasteiger partial charge in [0.15, 0.2) is 5.78 Å². The molecule has 132 valence electrons. The van der Waals surface area contributed by atoms with E-state index in [4.69, 9.17) is 4.74 Å². The Hall–Kier alpha value is -2.36. The fourth-order valence-corrected chi connectivity index (χ4v) is 3.43. The predicted molar refractivity (Wildman–Crippen MR) is 97.2 cm³/mol. The minimum absolute atomic E-state index is 0.100. The number of rotatable bonds is 4. The molecule has 0 amide bonds. The van der Waals surface area contributed by atoms with Crippen LogP contribution in [0.15, 0.2) is 24.3 Å². The second kappa shape index (κ2) is 6.87. The van der Waals surface area contributed by atoms with Crippen LogP contribution >= 0.6 is 0 Å². The standard InChI is InChI=1S/C21H25NO3/c1-12(2)11-25-21(24)20-14(4)19-17(22-20)9-16(10-18(19)23)15-7-5-13(3)6-8-15/h5-8,12,16,22H,9-11H2,1-4H3. The van der Waals surface area contributed by atoms with Gasteiger partial charge in [-0.1, -0.05) is 43.7 Å². The molecule has 0 saturated heterocycles. The molecule has 2 aromatic rings. The SMILES string of the molecule is Cc1ccc(C2CC(=O)c3c([nH]c(C(=O)OCC(C)C)c3C)C2)cc1. The molecule has 1 aliphatic carbocycles. The van der Waals surface area contributed by atoms with Gasteiger partial charge in [-0.2, -0.15) is 0 Å². The zero-order valence-corrected chi connectivity index (χ0v) is 15.3. The van der Waals surface area contributed by atoms with Crippen LogP contribution in [0, 0.1) is 19.8 Å². The van der Waals surface area contributed by atoms with Crippen LogP contribution in [-0.2, 0) is 11.2 Å². The van der Waals surface area contributed by atoms with Gasteiger partial charge in [0.2, 0.25) is 0 Å². The number of hydrogen-bond acceptors (Lipinski definition) is 3. The lowest BCUT2D eigenvalue weighted by atomic mass is 9.81. The average molecular weight is 339 g/mol. The summed E-state index contributed by atoms with van der Waals surface area (Å²) >= 11 is 0. The number of carbonyl (C=O) groups excluding carboxylic acids is 2. The lowest BCUT2D eigenvalue weighted by molar-refractivity contribution is 0.0451. The molecule has 1 unspecified atom stereocenters. The number of benzene rings is 1. The molecule has 1 aromatic carbocycles. The summed E-state index contributed by atoms with van der Waals surface area (Å²) < 4.78 is 5.33. The van der Waals surface area contributed by atoms with E-state index in [2.05, 4.69) is 36.2 Å². The first kappa shape index (κ1) is 17.5. The number of aromatic amines is 1. The van der Waals surface area contributed by atoms with E-state index in [0.717, 1.165) is 17.7 Å². The second-order valence-electron chi connectivity index (χ2n) is 7.41. The number of aryl methyl sites for hydroxylation is 1. The van der Waals surface area contributed by atoms with Gasteiger partial charge >= 0.3 is 5.97 Å². The molecule has 4 nitrogen and oxygen atoms in total. The van der Waals surface area contributed by atoms with Crippen LogP contribution in [0.1, 0.15) is 69.4 Å². The fraction of sp³-hybridized carbons (Fsp3) is 0.429. The Morgan fingerprint density at radius 1 is 1.20 bits per heavy atom. The molecule has 3 rings (SSSR count). The van der Waals surface area contributed by atoms with Crippen LogP contribution < -0.4 is 0 Å². The van der Waals surface area contributed by atoms with E-state index < -0.39 is 0 Å². The van der Waals surface area contributed by atoms with Crippen molar-refractivity contribution < 1.29 is 14.3 Å². The smallest absolute Gasteiger partial charge is 0.355 e. The number of nitrogens with one attached hydrogen (secondary N) is 1. The molecular weight excluding hydrogens is 314 g/mol. The number of ketones is 1. The molecule has 25 heavy (non-hydrogen) atoms. The summed E-state index contributed by atoms with van der Waals surface area (Å²) in [5.74, 6) is 0.156. The maximum absolute atomic E-state index is 12.7. The normalized spacial score (nSPS) is 16.8. The topological polar surface area (TPSA) is 59.2 Å². The van der Waals surface area contributed by atoms with Crippen molar-refractivity contribution in [3.8, 4) is 0 Å². The maximum atomic E-state index is 12.7. The van der Waals surface area contributed by atoms with Gasteiger partial charge in [-0.3, -0.25) is 4.79 Å². The third-order valence-corrected chi connectivity index (χ3v) is 4.79. The van der Waals surface area contributed by atoms with Gasteiger partial charge in [-0.05, 0) is 43.2 Å². The molecule has 4 heteroatoms. The van der Waals surface area contributed by atoms with Gasteiger partial charge in [0.05, 0.1) is 6.61 Å². The zero-order valence-electron chi connectivity index (χ0n) is 15.3. The lowest BCUT2D eigenvalue weighted by Crippen LogP contribution is -2.18. The Labute approximate surface area is 148 Å². The van der Waals surface area contributed by atoms with Crippen LogP contribution in [0.25, 0.3) is 0 Å². The first-order valence-corrected chi connectivity index (χ1v) is 8.85. The maximum Gasteiger partial charge on any atom is 0.355 e. The highest BCUT2D eigenvalue weighted by molar-refractivity contribution is 6.03. The van der Waals surface area contributed by atoms with Crippen molar-refractivity contribution in [3.63, 3.8) is 0 Å². The quantitative estimate of drug-likeness (QED) is 0.842. The highest BCUT2D eigenvalue weighted by atomic mass is 16.5. The number of fused-ring (bicyclic) bond motifs is 1. The van der Waals surface area contributed by atoms with Crippen molar-refractivity contribution in [2.45, 2.75) is 46.5 Å². The summed E-state index contributed by atoms with van der Waals surface area (Å²) in [6, 6.07) is 8.33. The van der Waals surface area contributed by atoms with E-state index in [0.29, 0.717) is 24.3 Å². The van der Waals surface area contributed by atoms with Crippen LogP contribution in [0.2, 0.25) is 0 Å². The molecule has 1 aliphatic rings. The van der Waals surface area contributed by atoms with Crippen LogP contribution in [-0.4, -0.2) is 23.3 Å². The summed E-state index contributed by atoms with van der Waals surface area (Å²) in [5.41, 5.74) is 5.05. The molecule has 1 N–H and O–H groups in total. The molecule has 0 aliphatic heterocycles. The molecule has 0 fully saturated rings. The number of hydrogen-bond donors (Lipinski definition) is 1. The molecule has 1 heterocycles. The first-order valence-electron chi connectivity index (χ1n) is 8.85. The summed E-state index contributed by atoms with van der Waals surface area (Å²) in [6.45, 7) is 8.25. The molecule has 0 radical (unpaired) electrons. The molecule has 0 bridgehead atoms. The largest absolute Gasteiger partial charge is 0.461 e. The Morgan fingerprint density at radius 2 is 1.88 bits per heavy atom. The third-order valence-electron chi connectivity index (χ3n) is 4.79. The van der Waals surface area contributed by atoms with E-state index in [1.807, 2.05) is 20.8 Å². The Balaban J connectivity index is 1.86. The highest BCUT2D eigenvalue weighted by Gasteiger charge is 2.32. The van der Waals surface area contributed by atoms with Gasteiger partial charge in [0, 0.05) is 17.7 Å². The van der Waals surface area contributed by atoms with E-state index in [-0.39, 0.29) is 23.6 Å². The Bertz CT molecular complexity index is 799. The average Bonchev–Trinajstić information content (AvgIpc) is 2.90. The molecule has 1 aromatic heterocycles. The summed E-state index contributed by atoms with van der Waals surface area (Å²) in [6.07, 6.45) is 1.22. The van der Waals surface area contributed by atoms with Gasteiger partial charge < -0.3 is 9.72 Å². The van der Waals surface area contributed by atoms with E-state index in [1.165, 1.54) is 11.1 Å². The second-order valence-corrected chi connectivity index (χ2v) is 7.41. The summed E-state index contributed by atoms with van der Waals surface area (Å²) in [4.78, 5) is 28.2. The van der Waals surface area contributed by atoms with Crippen molar-refractivity contribution >= 4 is 11.8 Å². The van der Waals surface area contributed by atoms with Crippen molar-refractivity contribution in [2.24, 2.45) is 5.92 Å². The molecular formula is C21H25NO3. The van der Waals surface area contributed by atoms with Crippen molar-refractivity contribution in [1.82, 2.24) is 4.98 Å². The van der Waals surface area contributed by atoms with Gasteiger partial charge in [-0.15, -0.1) is 0 Å². The number of Topliss-reactive ketones (excluding diaryl/α,β-unsaturated/α-hetero) is 1. The summed E-state index contributed by atoms with van der Waals surface area (Å²) in [5, 5.41) is 0. The van der Waals surface area contributed by atoms with Crippen LogP contribution in [0.3, 0.4) is 0 Å². The van der Waals surface area contributed by atoms with Gasteiger partial charge in [-0.25, -0.2) is 4.79 Å². The fourth-order valence-electron chi connectivity index (χ4n) is 3.43. The van der Waals surface area contributed by atoms with Crippen LogP contribution in [0.4, 0.5) is 0 Å². The third kappa shape index (κ3) is 3.53. The highest BCUT2D eigenvalue weighted by Crippen LogP contribution is 2.35. The number of aromatic nitrogens is 1. The molecule has 0 spiro atoms. The number of H-pyrrole nitrogens is 1. The monoisotopic (exact) mass is 339 g/mol. The van der Waals surface area contributed by atoms with Gasteiger partial charge in [0.25, 0.3) is 0 Å². The van der Waals surface area contributed by atoms with E-state index in [9.17, 15) is 9.59 Å². The predicted octanol–water partition coefficient (Wildman–Crippen LogP) is 4.36. The van der Waals surface area contributed by atoms with E-state index >= 15 is 0 Å². The number of ether oxygens (including phenoxy) is 1. The Morgan fingerprint density at radius 3 is 2.52 bits per heavy atom. The molecule has 1 atom stereocenters. The lowest BCUT2D eigenvalue weighted by Gasteiger charge is -2.22. The van der Waals surface area contributed by atoms with Crippen molar-refractivity contribution in [1.29, 1.82) is 0 Å². The molecule has 0 saturated carbocycles. The van der Waals surface area contributed by atoms with Crippen molar-refractivity contribution in [2.75, 3.05) is 6.61 Å².